The van der Waals surface area contributed by atoms with Gasteiger partial charge in [-0.25, -0.2) is 0 Å². The molecule has 6 heteroatoms. The van der Waals surface area contributed by atoms with Gasteiger partial charge in [0.2, 0.25) is 5.52 Å². The van der Waals surface area contributed by atoms with Crippen LogP contribution in [0.5, 0.6) is 0 Å². The molecule has 3 nitrogen and oxygen atoms in total. The Morgan fingerprint density at radius 3 is 2.08 bits per heavy atom. The van der Waals surface area contributed by atoms with Crippen LogP contribution in [-0.4, -0.2) is 17.3 Å². The lowest BCUT2D eigenvalue weighted by Gasteiger charge is -2.27. The molecule has 2 aromatic rings. The number of aryl methyl sites for hydroxylation is 1. The van der Waals surface area contributed by atoms with Crippen LogP contribution >= 0.6 is 30.6 Å². The number of carbonyl (C=O) groups excluding carboxylic acids is 1. The number of halogens is 2. The van der Waals surface area contributed by atoms with Crippen LogP contribution in [-0.2, 0) is 15.5 Å². The highest BCUT2D eigenvalue weighted by Gasteiger charge is 2.39. The lowest BCUT2D eigenvalue weighted by Crippen LogP contribution is -2.22. The van der Waals surface area contributed by atoms with Crippen molar-refractivity contribution in [2.24, 2.45) is 0 Å². The van der Waals surface area contributed by atoms with Crippen molar-refractivity contribution in [1.82, 2.24) is 0 Å². The van der Waals surface area contributed by atoms with Gasteiger partial charge in [-0.3, -0.25) is 9.36 Å². The quantitative estimate of drug-likeness (QED) is 0.523. The Bertz CT molecular complexity index is 778. The molecule has 0 aliphatic carbocycles. The first kappa shape index (κ1) is 20.2. The van der Waals surface area contributed by atoms with Gasteiger partial charge < -0.3 is 4.52 Å². The molecule has 0 aliphatic rings. The second kappa shape index (κ2) is 8.05. The molecule has 0 spiro atoms. The zero-order valence-electron chi connectivity index (χ0n) is 14.5. The Balaban J connectivity index is 2.37. The Hall–Kier alpha value is -1.12. The minimum atomic E-state index is -3.68. The highest BCUT2D eigenvalue weighted by Crippen LogP contribution is 2.55. The van der Waals surface area contributed by atoms with Gasteiger partial charge in [-0.15, -0.1) is 0 Å². The first-order chi connectivity index (χ1) is 11.6. The van der Waals surface area contributed by atoms with E-state index in [1.165, 1.54) is 0 Å². The summed E-state index contributed by atoms with van der Waals surface area (Å²) in [6.45, 7) is 5.30. The highest BCUT2D eigenvalue weighted by molar-refractivity contribution is 7.77. The van der Waals surface area contributed by atoms with Crippen molar-refractivity contribution in [3.8, 4) is 0 Å². The van der Waals surface area contributed by atoms with E-state index in [9.17, 15) is 9.36 Å². The van der Waals surface area contributed by atoms with Gasteiger partial charge in [-0.1, -0.05) is 59.6 Å². The molecule has 0 bridgehead atoms. The number of rotatable bonds is 6. The molecule has 2 aromatic carbocycles. The molecule has 134 valence electrons. The van der Waals surface area contributed by atoms with Crippen molar-refractivity contribution in [3.05, 3.63) is 69.7 Å². The normalized spacial score (nSPS) is 14.1. The summed E-state index contributed by atoms with van der Waals surface area (Å²) in [5, 5.41) is 0.352. The van der Waals surface area contributed by atoms with Crippen LogP contribution < -0.4 is 0 Å². The van der Waals surface area contributed by atoms with Crippen LogP contribution in [0.4, 0.5) is 0 Å². The fraction of sp³-hybridized carbons (Fsp3) is 0.316. The van der Waals surface area contributed by atoms with Gasteiger partial charge in [0.1, 0.15) is 0 Å². The summed E-state index contributed by atoms with van der Waals surface area (Å²) in [6.07, 6.45) is 0.552. The van der Waals surface area contributed by atoms with Crippen LogP contribution in [0.2, 0.25) is 10.0 Å². The van der Waals surface area contributed by atoms with Gasteiger partial charge in [0, 0.05) is 6.16 Å². The van der Waals surface area contributed by atoms with E-state index < -0.39 is 18.5 Å². The Morgan fingerprint density at radius 2 is 1.56 bits per heavy atom. The molecule has 0 heterocycles. The molecule has 0 amide bonds. The van der Waals surface area contributed by atoms with Gasteiger partial charge in [-0.05, 0) is 44.9 Å². The van der Waals surface area contributed by atoms with E-state index in [0.29, 0.717) is 6.42 Å². The molecule has 25 heavy (non-hydrogen) atoms. The van der Waals surface area contributed by atoms with Crippen molar-refractivity contribution < 1.29 is 13.9 Å². The van der Waals surface area contributed by atoms with Gasteiger partial charge in [-0.2, -0.15) is 0 Å². The van der Waals surface area contributed by atoms with Gasteiger partial charge >= 0.3 is 0 Å². The maximum atomic E-state index is 13.5. The molecule has 0 N–H and O–H groups in total. The average molecular weight is 399 g/mol. The topological polar surface area (TPSA) is 43.4 Å². The highest BCUT2D eigenvalue weighted by atomic mass is 35.5. The van der Waals surface area contributed by atoms with Crippen LogP contribution in [0.3, 0.4) is 0 Å². The van der Waals surface area contributed by atoms with E-state index in [-0.39, 0.29) is 21.8 Å². The van der Waals surface area contributed by atoms with Crippen molar-refractivity contribution >= 4 is 36.1 Å². The Kier molecular flexibility index (Phi) is 6.51. The van der Waals surface area contributed by atoms with E-state index in [0.717, 1.165) is 5.56 Å². The van der Waals surface area contributed by atoms with Crippen molar-refractivity contribution in [1.29, 1.82) is 0 Å². The molecule has 0 saturated carbocycles. The van der Waals surface area contributed by atoms with Gasteiger partial charge in [0.15, 0.2) is 0 Å². The Labute approximate surface area is 158 Å². The summed E-state index contributed by atoms with van der Waals surface area (Å²) in [5.41, 5.74) is -0.325. The first-order valence-electron chi connectivity index (χ1n) is 7.95. The van der Waals surface area contributed by atoms with Crippen molar-refractivity contribution in [3.63, 3.8) is 0 Å². The molecule has 1 unspecified atom stereocenters. The van der Waals surface area contributed by atoms with Crippen LogP contribution in [0.25, 0.3) is 0 Å². The molecule has 0 fully saturated rings. The molecular weight excluding hydrogens is 378 g/mol. The van der Waals surface area contributed by atoms with Crippen molar-refractivity contribution in [2.75, 3.05) is 6.16 Å². The number of hydrogen-bond donors (Lipinski definition) is 0. The molecule has 0 aromatic heterocycles. The maximum absolute atomic E-state index is 13.5. The summed E-state index contributed by atoms with van der Waals surface area (Å²) in [6, 6.07) is 14.3. The molecule has 0 saturated heterocycles. The lowest BCUT2D eigenvalue weighted by molar-refractivity contribution is 0.0966. The summed E-state index contributed by atoms with van der Waals surface area (Å²) < 4.78 is 19.3. The van der Waals surface area contributed by atoms with E-state index in [1.807, 2.05) is 30.3 Å². The second-order valence-electron chi connectivity index (χ2n) is 6.74. The predicted molar refractivity (Wildman–Crippen MR) is 104 cm³/mol. The third-order valence-electron chi connectivity index (χ3n) is 3.45. The third-order valence-corrected chi connectivity index (χ3v) is 6.57. The summed E-state index contributed by atoms with van der Waals surface area (Å²) in [7, 11) is -3.68. The lowest BCUT2D eigenvalue weighted by atomic mass is 10.2. The van der Waals surface area contributed by atoms with E-state index in [4.69, 9.17) is 27.7 Å². The third kappa shape index (κ3) is 5.43. The van der Waals surface area contributed by atoms with E-state index in [1.54, 1.807) is 39.0 Å². The zero-order valence-corrected chi connectivity index (χ0v) is 16.9. The second-order valence-corrected chi connectivity index (χ2v) is 9.94. The summed E-state index contributed by atoms with van der Waals surface area (Å²) >= 11 is 12.3. The largest absolute Gasteiger partial charge is 0.317 e. The SMILES string of the molecule is CC(C)(C)OP(=O)(CCc1ccccc1)C(=O)c1c(Cl)cccc1Cl. The predicted octanol–water partition coefficient (Wildman–Crippen LogP) is 6.47. The smallest absolute Gasteiger partial charge is 0.272 e. The zero-order chi connectivity index (χ0) is 18.7. The fourth-order valence-electron chi connectivity index (χ4n) is 2.42. The number of hydrogen-bond acceptors (Lipinski definition) is 3. The van der Waals surface area contributed by atoms with Crippen molar-refractivity contribution in [2.45, 2.75) is 32.8 Å². The Morgan fingerprint density at radius 1 is 1.00 bits per heavy atom. The number of benzene rings is 2. The maximum Gasteiger partial charge on any atom is 0.272 e. The fourth-order valence-corrected chi connectivity index (χ4v) is 5.52. The molecule has 0 radical (unpaired) electrons. The van der Waals surface area contributed by atoms with Crippen LogP contribution in [0.1, 0.15) is 36.7 Å². The molecule has 2 rings (SSSR count). The summed E-state index contributed by atoms with van der Waals surface area (Å²) in [5.74, 6) is 0. The van der Waals surface area contributed by atoms with Gasteiger partial charge in [0.25, 0.3) is 7.37 Å². The first-order valence-corrected chi connectivity index (χ1v) is 10.5. The van der Waals surface area contributed by atoms with Crippen LogP contribution in [0.15, 0.2) is 48.5 Å². The molecule has 1 atom stereocenters. The molecular formula is C19H21Cl2O3P. The van der Waals surface area contributed by atoms with E-state index >= 15 is 0 Å². The summed E-state index contributed by atoms with van der Waals surface area (Å²) in [4.78, 5) is 13.1. The minimum absolute atomic E-state index is 0.0616. The van der Waals surface area contributed by atoms with Crippen LogP contribution in [0, 0.1) is 0 Å². The molecule has 0 aliphatic heterocycles. The van der Waals surface area contributed by atoms with E-state index in [2.05, 4.69) is 0 Å². The monoisotopic (exact) mass is 398 g/mol. The average Bonchev–Trinajstić information content (AvgIpc) is 2.52. The van der Waals surface area contributed by atoms with Gasteiger partial charge in [0.05, 0.1) is 21.2 Å². The minimum Gasteiger partial charge on any atom is -0.317 e. The number of carbonyl (C=O) groups is 1. The standard InChI is InChI=1S/C19H21Cl2O3P/c1-19(2,3)24-25(23,13-12-14-8-5-4-6-9-14)18(22)17-15(20)10-7-11-16(17)21/h4-11H,12-13H2,1-3H3.